The maximum atomic E-state index is 12.5. The molecule has 1 aliphatic heterocycles. The fourth-order valence-corrected chi connectivity index (χ4v) is 3.75. The molecule has 2 N–H and O–H groups in total. The summed E-state index contributed by atoms with van der Waals surface area (Å²) in [4.78, 5) is 18.3. The normalized spacial score (nSPS) is 16.0. The van der Waals surface area contributed by atoms with Crippen LogP contribution in [0, 0.1) is 5.92 Å². The summed E-state index contributed by atoms with van der Waals surface area (Å²) in [5.74, 6) is 0.314. The molecule has 1 fully saturated rings. The van der Waals surface area contributed by atoms with Crippen molar-refractivity contribution < 1.29 is 4.79 Å². The third-order valence-corrected chi connectivity index (χ3v) is 5.25. The predicted molar refractivity (Wildman–Crippen MR) is 105 cm³/mol. The molecule has 3 aromatic rings. The number of hydrogen-bond donors (Lipinski definition) is 2. The number of carbonyl (C=O) groups excluding carboxylic acids is 1. The maximum absolute atomic E-state index is 12.5. The van der Waals surface area contributed by atoms with Gasteiger partial charge >= 0.3 is 0 Å². The number of nitrogens with zero attached hydrogens (tertiary/aromatic N) is 1. The van der Waals surface area contributed by atoms with Gasteiger partial charge in [-0.2, -0.15) is 0 Å². The summed E-state index contributed by atoms with van der Waals surface area (Å²) in [7, 11) is 0. The summed E-state index contributed by atoms with van der Waals surface area (Å²) < 4.78 is 0. The lowest BCUT2D eigenvalue weighted by molar-refractivity contribution is -0.126. The maximum Gasteiger partial charge on any atom is 0.223 e. The first-order chi connectivity index (χ1) is 12.8. The number of likely N-dealkylation sites (tertiary alicyclic amines) is 1. The van der Waals surface area contributed by atoms with Crippen LogP contribution >= 0.6 is 0 Å². The minimum atomic E-state index is 0.131. The van der Waals surface area contributed by atoms with E-state index in [0.717, 1.165) is 43.7 Å². The van der Waals surface area contributed by atoms with Crippen molar-refractivity contribution in [2.45, 2.75) is 25.9 Å². The summed E-state index contributed by atoms with van der Waals surface area (Å²) in [5, 5.41) is 4.29. The molecular weight excluding hydrogens is 322 g/mol. The molecule has 0 spiro atoms. The van der Waals surface area contributed by atoms with Gasteiger partial charge in [0.1, 0.15) is 0 Å². The van der Waals surface area contributed by atoms with Gasteiger partial charge < -0.3 is 10.3 Å². The predicted octanol–water partition coefficient (Wildman–Crippen LogP) is 3.70. The molecule has 0 saturated carbocycles. The van der Waals surface area contributed by atoms with E-state index in [0.29, 0.717) is 6.54 Å². The highest BCUT2D eigenvalue weighted by molar-refractivity contribution is 5.81. The number of carbonyl (C=O) groups is 1. The lowest BCUT2D eigenvalue weighted by atomic mass is 9.95. The van der Waals surface area contributed by atoms with Gasteiger partial charge in [0.15, 0.2) is 0 Å². The number of fused-ring (bicyclic) bond motifs is 1. The zero-order chi connectivity index (χ0) is 17.8. The SMILES string of the molecule is O=C(NCc1cc2ccccc2[nH]1)C1CCN(Cc2ccccc2)CC1. The number of nitrogens with one attached hydrogen (secondary N) is 2. The van der Waals surface area contributed by atoms with Crippen LogP contribution < -0.4 is 5.32 Å². The highest BCUT2D eigenvalue weighted by Crippen LogP contribution is 2.20. The van der Waals surface area contributed by atoms with Gasteiger partial charge in [-0.15, -0.1) is 0 Å². The summed E-state index contributed by atoms with van der Waals surface area (Å²) in [5.41, 5.74) is 3.52. The molecule has 0 radical (unpaired) electrons. The van der Waals surface area contributed by atoms with Crippen molar-refractivity contribution in [1.29, 1.82) is 0 Å². The van der Waals surface area contributed by atoms with Gasteiger partial charge in [-0.25, -0.2) is 0 Å². The third-order valence-electron chi connectivity index (χ3n) is 5.25. The number of rotatable bonds is 5. The third kappa shape index (κ3) is 3.97. The first-order valence-corrected chi connectivity index (χ1v) is 9.38. The topological polar surface area (TPSA) is 48.1 Å². The van der Waals surface area contributed by atoms with Gasteiger partial charge in [0.25, 0.3) is 0 Å². The van der Waals surface area contributed by atoms with E-state index in [1.165, 1.54) is 10.9 Å². The number of hydrogen-bond acceptors (Lipinski definition) is 2. The number of aromatic amines is 1. The smallest absolute Gasteiger partial charge is 0.223 e. The Morgan fingerprint density at radius 1 is 1.04 bits per heavy atom. The van der Waals surface area contributed by atoms with Crippen LogP contribution in [0.15, 0.2) is 60.7 Å². The van der Waals surface area contributed by atoms with Crippen molar-refractivity contribution in [3.63, 3.8) is 0 Å². The van der Waals surface area contributed by atoms with Crippen molar-refractivity contribution in [1.82, 2.24) is 15.2 Å². The van der Waals surface area contributed by atoms with Crippen molar-refractivity contribution in [2.75, 3.05) is 13.1 Å². The van der Waals surface area contributed by atoms with Gasteiger partial charge in [0, 0.05) is 23.7 Å². The van der Waals surface area contributed by atoms with Crippen LogP contribution in [-0.2, 0) is 17.9 Å². The van der Waals surface area contributed by atoms with E-state index < -0.39 is 0 Å². The zero-order valence-corrected chi connectivity index (χ0v) is 14.9. The molecule has 1 amide bonds. The second-order valence-electron chi connectivity index (χ2n) is 7.14. The number of benzene rings is 2. The largest absolute Gasteiger partial charge is 0.357 e. The molecule has 1 aromatic heterocycles. The summed E-state index contributed by atoms with van der Waals surface area (Å²) >= 11 is 0. The zero-order valence-electron chi connectivity index (χ0n) is 14.9. The second kappa shape index (κ2) is 7.75. The standard InChI is InChI=1S/C22H25N3O/c26-22(23-15-20-14-19-8-4-5-9-21(19)24-20)18-10-12-25(13-11-18)16-17-6-2-1-3-7-17/h1-9,14,18,24H,10-13,15-16H2,(H,23,26). The van der Waals surface area contributed by atoms with Gasteiger partial charge in [0.2, 0.25) is 5.91 Å². The van der Waals surface area contributed by atoms with Crippen LogP contribution in [-0.4, -0.2) is 28.9 Å². The molecule has 1 aliphatic rings. The van der Waals surface area contributed by atoms with E-state index >= 15 is 0 Å². The Balaban J connectivity index is 1.25. The Morgan fingerprint density at radius 2 is 1.77 bits per heavy atom. The molecule has 0 atom stereocenters. The van der Waals surface area contributed by atoms with Gasteiger partial charge in [-0.1, -0.05) is 48.5 Å². The Labute approximate surface area is 154 Å². The van der Waals surface area contributed by atoms with E-state index in [-0.39, 0.29) is 11.8 Å². The van der Waals surface area contributed by atoms with Crippen LogP contribution in [0.25, 0.3) is 10.9 Å². The second-order valence-corrected chi connectivity index (χ2v) is 7.14. The Bertz CT molecular complexity index is 830. The van der Waals surface area contributed by atoms with E-state index in [1.54, 1.807) is 0 Å². The van der Waals surface area contributed by atoms with Crippen molar-refractivity contribution in [2.24, 2.45) is 5.92 Å². The molecular formula is C22H25N3O. The average Bonchev–Trinajstić information content (AvgIpc) is 3.10. The lowest BCUT2D eigenvalue weighted by Gasteiger charge is -2.31. The molecule has 4 nitrogen and oxygen atoms in total. The van der Waals surface area contributed by atoms with Crippen LogP contribution in [0.3, 0.4) is 0 Å². The molecule has 26 heavy (non-hydrogen) atoms. The molecule has 1 saturated heterocycles. The van der Waals surface area contributed by atoms with Gasteiger partial charge in [0.05, 0.1) is 6.54 Å². The van der Waals surface area contributed by atoms with Crippen molar-refractivity contribution >= 4 is 16.8 Å². The number of H-pyrrole nitrogens is 1. The van der Waals surface area contributed by atoms with Crippen LogP contribution in [0.5, 0.6) is 0 Å². The molecule has 0 bridgehead atoms. The summed E-state index contributed by atoms with van der Waals surface area (Å²) in [6, 6.07) is 20.8. The number of para-hydroxylation sites is 1. The van der Waals surface area contributed by atoms with Gasteiger partial charge in [-0.05, 0) is 49.0 Å². The molecule has 4 rings (SSSR count). The van der Waals surface area contributed by atoms with Crippen LogP contribution in [0.4, 0.5) is 0 Å². The molecule has 2 aromatic carbocycles. The fraction of sp³-hybridized carbons (Fsp3) is 0.318. The minimum absolute atomic E-state index is 0.131. The van der Waals surface area contributed by atoms with Crippen molar-refractivity contribution in [3.8, 4) is 0 Å². The lowest BCUT2D eigenvalue weighted by Crippen LogP contribution is -2.40. The summed E-state index contributed by atoms with van der Waals surface area (Å²) in [6.45, 7) is 3.51. The van der Waals surface area contributed by atoms with E-state index in [2.05, 4.69) is 57.7 Å². The molecule has 4 heteroatoms. The Kier molecular flexibility index (Phi) is 5.02. The number of amides is 1. The van der Waals surface area contributed by atoms with Crippen LogP contribution in [0.2, 0.25) is 0 Å². The van der Waals surface area contributed by atoms with E-state index in [1.807, 2.05) is 18.2 Å². The highest BCUT2D eigenvalue weighted by Gasteiger charge is 2.24. The molecule has 2 heterocycles. The van der Waals surface area contributed by atoms with Gasteiger partial charge in [-0.3, -0.25) is 9.69 Å². The molecule has 0 aliphatic carbocycles. The summed E-state index contributed by atoms with van der Waals surface area (Å²) in [6.07, 6.45) is 1.87. The number of piperidine rings is 1. The average molecular weight is 347 g/mol. The first kappa shape index (κ1) is 16.9. The minimum Gasteiger partial charge on any atom is -0.357 e. The Hall–Kier alpha value is -2.59. The first-order valence-electron chi connectivity index (χ1n) is 9.38. The highest BCUT2D eigenvalue weighted by atomic mass is 16.1. The number of aromatic nitrogens is 1. The molecule has 0 unspecified atom stereocenters. The fourth-order valence-electron chi connectivity index (χ4n) is 3.75. The monoisotopic (exact) mass is 347 g/mol. The van der Waals surface area contributed by atoms with Crippen molar-refractivity contribution in [3.05, 3.63) is 71.9 Å². The Morgan fingerprint density at radius 3 is 2.54 bits per heavy atom. The van der Waals surface area contributed by atoms with E-state index in [4.69, 9.17) is 0 Å². The quantitative estimate of drug-likeness (QED) is 0.739. The molecule has 134 valence electrons. The van der Waals surface area contributed by atoms with Crippen LogP contribution in [0.1, 0.15) is 24.1 Å². The van der Waals surface area contributed by atoms with E-state index in [9.17, 15) is 4.79 Å².